The van der Waals surface area contributed by atoms with Gasteiger partial charge in [0, 0.05) is 17.4 Å². The molecule has 0 spiro atoms. The van der Waals surface area contributed by atoms with Crippen LogP contribution in [0.25, 0.3) is 11.4 Å². The van der Waals surface area contributed by atoms with Crippen molar-refractivity contribution in [3.8, 4) is 17.1 Å². The third kappa shape index (κ3) is 4.80. The monoisotopic (exact) mass is 375 g/mol. The van der Waals surface area contributed by atoms with Gasteiger partial charge in [0.15, 0.2) is 11.0 Å². The van der Waals surface area contributed by atoms with E-state index in [1.807, 2.05) is 12.1 Å². The van der Waals surface area contributed by atoms with E-state index in [1.165, 1.54) is 32.1 Å². The van der Waals surface area contributed by atoms with E-state index in [9.17, 15) is 5.11 Å². The maximum atomic E-state index is 9.18. The Morgan fingerprint density at radius 3 is 2.54 bits per heavy atom. The van der Waals surface area contributed by atoms with Crippen LogP contribution < -0.4 is 4.74 Å². The van der Waals surface area contributed by atoms with Crippen molar-refractivity contribution >= 4 is 11.8 Å². The lowest BCUT2D eigenvalue weighted by Crippen LogP contribution is -2.15. The second-order valence-electron chi connectivity index (χ2n) is 7.27. The number of aliphatic hydroxyl groups excluding tert-OH is 1. The van der Waals surface area contributed by atoms with Crippen molar-refractivity contribution in [3.05, 3.63) is 24.3 Å². The summed E-state index contributed by atoms with van der Waals surface area (Å²) in [5.74, 6) is 2.97. The summed E-state index contributed by atoms with van der Waals surface area (Å²) < 4.78 is 8.08. The van der Waals surface area contributed by atoms with E-state index in [2.05, 4.69) is 40.7 Å². The van der Waals surface area contributed by atoms with Crippen LogP contribution in [0.2, 0.25) is 0 Å². The van der Waals surface area contributed by atoms with Gasteiger partial charge in [0.05, 0.1) is 13.2 Å². The van der Waals surface area contributed by atoms with Crippen molar-refractivity contribution in [1.29, 1.82) is 0 Å². The largest absolute Gasteiger partial charge is 0.493 e. The molecular weight excluding hydrogens is 346 g/mol. The molecule has 1 heterocycles. The fourth-order valence-electron chi connectivity index (χ4n) is 3.34. The Morgan fingerprint density at radius 2 is 1.88 bits per heavy atom. The Bertz CT molecular complexity index is 679. The molecule has 0 unspecified atom stereocenters. The van der Waals surface area contributed by atoms with E-state index in [1.54, 1.807) is 11.8 Å². The predicted molar refractivity (Wildman–Crippen MR) is 106 cm³/mol. The number of nitrogens with zero attached hydrogens (tertiary/aromatic N) is 3. The number of rotatable bonds is 8. The Balaban J connectivity index is 1.84. The molecule has 0 amide bonds. The summed E-state index contributed by atoms with van der Waals surface area (Å²) in [6.45, 7) is 5.16. The lowest BCUT2D eigenvalue weighted by Gasteiger charge is -2.25. The zero-order valence-corrected chi connectivity index (χ0v) is 16.5. The van der Waals surface area contributed by atoms with E-state index in [-0.39, 0.29) is 6.61 Å². The van der Waals surface area contributed by atoms with Gasteiger partial charge >= 0.3 is 0 Å². The molecule has 0 aliphatic heterocycles. The van der Waals surface area contributed by atoms with Crippen LogP contribution in [0.15, 0.2) is 29.4 Å². The van der Waals surface area contributed by atoms with E-state index < -0.39 is 0 Å². The summed E-state index contributed by atoms with van der Waals surface area (Å²) in [7, 11) is 0. The molecule has 0 bridgehead atoms. The maximum Gasteiger partial charge on any atom is 0.191 e. The lowest BCUT2D eigenvalue weighted by atomic mass is 9.95. The first-order chi connectivity index (χ1) is 12.7. The maximum absolute atomic E-state index is 9.18. The minimum absolute atomic E-state index is 0.152. The minimum atomic E-state index is 0.152. The van der Waals surface area contributed by atoms with Crippen molar-refractivity contribution < 1.29 is 9.84 Å². The molecule has 26 heavy (non-hydrogen) atoms. The normalized spacial score (nSPS) is 15.5. The highest BCUT2D eigenvalue weighted by Crippen LogP contribution is 2.35. The van der Waals surface area contributed by atoms with Gasteiger partial charge < -0.3 is 9.84 Å². The highest BCUT2D eigenvalue weighted by atomic mass is 32.2. The summed E-state index contributed by atoms with van der Waals surface area (Å²) in [4.78, 5) is 0. The lowest BCUT2D eigenvalue weighted by molar-refractivity contribution is 0.271. The van der Waals surface area contributed by atoms with E-state index in [0.29, 0.717) is 17.7 Å². The van der Waals surface area contributed by atoms with Gasteiger partial charge in [0.25, 0.3) is 0 Å². The van der Waals surface area contributed by atoms with Gasteiger partial charge in [-0.25, -0.2) is 0 Å². The smallest absolute Gasteiger partial charge is 0.191 e. The molecule has 0 atom stereocenters. The SMILES string of the molecule is CC(C)COc1ccc(-c2nnc(SCCO)n2C2CCCCC2)cc1. The van der Waals surface area contributed by atoms with Gasteiger partial charge in [-0.2, -0.15) is 0 Å². The van der Waals surface area contributed by atoms with Crippen LogP contribution in [0.5, 0.6) is 5.75 Å². The first-order valence-electron chi connectivity index (χ1n) is 9.61. The van der Waals surface area contributed by atoms with Crippen molar-refractivity contribution in [1.82, 2.24) is 14.8 Å². The first-order valence-corrected chi connectivity index (χ1v) is 10.6. The second kappa shape index (κ2) is 9.42. The minimum Gasteiger partial charge on any atom is -0.493 e. The number of hydrogen-bond donors (Lipinski definition) is 1. The number of benzene rings is 1. The molecule has 142 valence electrons. The van der Waals surface area contributed by atoms with Crippen LogP contribution in [0.3, 0.4) is 0 Å². The number of aliphatic hydroxyl groups is 1. The number of hydrogen-bond acceptors (Lipinski definition) is 5. The topological polar surface area (TPSA) is 60.2 Å². The third-order valence-electron chi connectivity index (χ3n) is 4.62. The van der Waals surface area contributed by atoms with Crippen LogP contribution in [-0.2, 0) is 0 Å². The third-order valence-corrected chi connectivity index (χ3v) is 5.55. The zero-order valence-electron chi connectivity index (χ0n) is 15.7. The molecule has 1 aromatic carbocycles. The summed E-state index contributed by atoms with van der Waals surface area (Å²) in [6, 6.07) is 8.61. The molecule has 0 radical (unpaired) electrons. The van der Waals surface area contributed by atoms with E-state index in [0.717, 1.165) is 28.9 Å². The van der Waals surface area contributed by atoms with Crippen molar-refractivity contribution in [3.63, 3.8) is 0 Å². The summed E-state index contributed by atoms with van der Waals surface area (Å²) in [5.41, 5.74) is 1.07. The van der Waals surface area contributed by atoms with Crippen LogP contribution >= 0.6 is 11.8 Å². The first kappa shape index (κ1) is 19.2. The number of ether oxygens (including phenoxy) is 1. The Kier molecular flexibility index (Phi) is 6.97. The van der Waals surface area contributed by atoms with E-state index in [4.69, 9.17) is 4.74 Å². The average Bonchev–Trinajstić information content (AvgIpc) is 3.09. The molecule has 1 N–H and O–H groups in total. The summed E-state index contributed by atoms with van der Waals surface area (Å²) >= 11 is 1.59. The summed E-state index contributed by atoms with van der Waals surface area (Å²) in [6.07, 6.45) is 6.18. The van der Waals surface area contributed by atoms with Crippen LogP contribution in [-0.4, -0.2) is 38.8 Å². The molecule has 6 heteroatoms. The average molecular weight is 376 g/mol. The van der Waals surface area contributed by atoms with Gasteiger partial charge in [0.2, 0.25) is 0 Å². The Hall–Kier alpha value is -1.53. The van der Waals surface area contributed by atoms with Gasteiger partial charge in [-0.15, -0.1) is 10.2 Å². The van der Waals surface area contributed by atoms with Crippen LogP contribution in [0.4, 0.5) is 0 Å². The van der Waals surface area contributed by atoms with Crippen molar-refractivity contribution in [2.75, 3.05) is 19.0 Å². The standard InChI is InChI=1S/C20H29N3O2S/c1-15(2)14-25-18-10-8-16(9-11-18)19-21-22-20(26-13-12-24)23(19)17-6-4-3-5-7-17/h8-11,15,17,24H,3-7,12-14H2,1-2H3. The molecule has 1 aliphatic carbocycles. The molecule has 1 fully saturated rings. The molecule has 1 aromatic heterocycles. The van der Waals surface area contributed by atoms with Gasteiger partial charge in [0.1, 0.15) is 5.75 Å². The highest BCUT2D eigenvalue weighted by Gasteiger charge is 2.23. The quantitative estimate of drug-likeness (QED) is 0.685. The fourth-order valence-corrected chi connectivity index (χ4v) is 4.09. The Morgan fingerprint density at radius 1 is 1.15 bits per heavy atom. The van der Waals surface area contributed by atoms with Crippen LogP contribution in [0.1, 0.15) is 52.0 Å². The molecule has 1 aliphatic rings. The molecular formula is C20H29N3O2S. The van der Waals surface area contributed by atoms with Crippen LogP contribution in [0, 0.1) is 5.92 Å². The molecule has 1 saturated carbocycles. The number of thioether (sulfide) groups is 1. The van der Waals surface area contributed by atoms with Crippen molar-refractivity contribution in [2.24, 2.45) is 5.92 Å². The molecule has 0 saturated heterocycles. The zero-order chi connectivity index (χ0) is 18.4. The highest BCUT2D eigenvalue weighted by molar-refractivity contribution is 7.99. The molecule has 3 rings (SSSR count). The molecule has 5 nitrogen and oxygen atoms in total. The van der Waals surface area contributed by atoms with Gasteiger partial charge in [-0.05, 0) is 43.0 Å². The van der Waals surface area contributed by atoms with Gasteiger partial charge in [-0.3, -0.25) is 4.57 Å². The summed E-state index contributed by atoms with van der Waals surface area (Å²) in [5, 5.41) is 19.0. The van der Waals surface area contributed by atoms with Crippen molar-refractivity contribution in [2.45, 2.75) is 57.1 Å². The predicted octanol–water partition coefficient (Wildman–Crippen LogP) is 4.57. The second-order valence-corrected chi connectivity index (χ2v) is 8.33. The number of aromatic nitrogens is 3. The van der Waals surface area contributed by atoms with E-state index >= 15 is 0 Å². The molecule has 2 aromatic rings. The van der Waals surface area contributed by atoms with Gasteiger partial charge in [-0.1, -0.05) is 44.9 Å². The fraction of sp³-hybridized carbons (Fsp3) is 0.600. The Labute approximate surface area is 160 Å².